The number of carboxylic acid groups (broad SMARTS) is 1. The molecule has 2 aromatic rings. The molecule has 2 amide bonds. The summed E-state index contributed by atoms with van der Waals surface area (Å²) in [7, 11) is -3.66. The summed E-state index contributed by atoms with van der Waals surface area (Å²) in [4.78, 5) is 33.6. The van der Waals surface area contributed by atoms with E-state index in [0.717, 1.165) is 0 Å². The number of hydrogen-bond acceptors (Lipinski definition) is 7. The molecule has 0 aliphatic carbocycles. The summed E-state index contributed by atoms with van der Waals surface area (Å²) < 4.78 is 64.5. The highest BCUT2D eigenvalue weighted by atomic mass is 79.9. The van der Waals surface area contributed by atoms with Gasteiger partial charge in [-0.05, 0) is 64.8 Å². The van der Waals surface area contributed by atoms with Gasteiger partial charge in [-0.1, -0.05) is 6.07 Å². The van der Waals surface area contributed by atoms with Crippen LogP contribution in [0.2, 0.25) is 0 Å². The van der Waals surface area contributed by atoms with E-state index in [1.54, 1.807) is 43.3 Å². The molecule has 224 valence electrons. The van der Waals surface area contributed by atoms with E-state index in [2.05, 4.69) is 26.6 Å². The number of carboxylic acids is 1. The van der Waals surface area contributed by atoms with Crippen molar-refractivity contribution < 1.29 is 45.8 Å². The molecule has 0 spiro atoms. The smallest absolute Gasteiger partial charge is 0.475 e. The van der Waals surface area contributed by atoms with Gasteiger partial charge < -0.3 is 26.2 Å². The Bertz CT molecular complexity index is 1380. The molecule has 0 radical (unpaired) electrons. The molecule has 12 nitrogen and oxygen atoms in total. The van der Waals surface area contributed by atoms with Crippen LogP contribution in [0.3, 0.4) is 0 Å². The molecule has 0 saturated carbocycles. The van der Waals surface area contributed by atoms with Gasteiger partial charge in [0.1, 0.15) is 12.3 Å². The zero-order valence-electron chi connectivity index (χ0n) is 21.5. The number of anilines is 1. The summed E-state index contributed by atoms with van der Waals surface area (Å²) in [5.41, 5.74) is 7.09. The van der Waals surface area contributed by atoms with Crippen molar-refractivity contribution in [1.82, 2.24) is 9.62 Å². The second-order valence-electron chi connectivity index (χ2n) is 8.51. The fourth-order valence-electron chi connectivity index (χ4n) is 3.38. The number of alkyl halides is 3. The number of nitrogens with one attached hydrogen (secondary N) is 3. The van der Waals surface area contributed by atoms with E-state index in [1.165, 1.54) is 10.4 Å². The molecule has 3 rings (SSSR count). The highest BCUT2D eigenvalue weighted by Gasteiger charge is 2.38. The van der Waals surface area contributed by atoms with Crippen LogP contribution in [0.1, 0.15) is 30.5 Å². The molecule has 0 aromatic heterocycles. The van der Waals surface area contributed by atoms with Gasteiger partial charge in [-0.3, -0.25) is 15.0 Å². The number of ether oxygens (including phenoxy) is 1. The van der Waals surface area contributed by atoms with E-state index in [1.807, 2.05) is 0 Å². The third-order valence-electron chi connectivity index (χ3n) is 5.46. The Morgan fingerprint density at radius 1 is 1.12 bits per heavy atom. The van der Waals surface area contributed by atoms with Gasteiger partial charge in [0.05, 0.1) is 24.2 Å². The van der Waals surface area contributed by atoms with Crippen LogP contribution >= 0.6 is 15.9 Å². The number of amides is 2. The third kappa shape index (κ3) is 10.1. The molecule has 1 atom stereocenters. The van der Waals surface area contributed by atoms with Gasteiger partial charge >= 0.3 is 12.1 Å². The van der Waals surface area contributed by atoms with Crippen molar-refractivity contribution in [2.24, 2.45) is 5.73 Å². The highest BCUT2D eigenvalue weighted by Crippen LogP contribution is 2.29. The topological polar surface area (TPSA) is 192 Å². The van der Waals surface area contributed by atoms with Crippen molar-refractivity contribution in [3.63, 3.8) is 0 Å². The van der Waals surface area contributed by atoms with Crippen molar-refractivity contribution in [3.8, 4) is 0 Å². The number of amidine groups is 1. The Hall–Kier alpha value is -3.54. The van der Waals surface area contributed by atoms with Gasteiger partial charge in [0.15, 0.2) is 0 Å². The number of nitrogens with zero attached hydrogens (tertiary/aromatic N) is 1. The Kier molecular flexibility index (Phi) is 11.8. The SMILES string of the molecule is CC(NC(=O)CC(=O)Nc1ccc(C(=N)N)cc1)c1ccc(S(=O)(=O)N2CCOCC2)c(Br)c1.O=C(O)C(F)(F)F. The predicted octanol–water partition coefficient (Wildman–Crippen LogP) is 2.59. The third-order valence-corrected chi connectivity index (χ3v) is 8.34. The fraction of sp³-hybridized carbons (Fsp3) is 0.333. The summed E-state index contributed by atoms with van der Waals surface area (Å²) in [5, 5.41) is 19.9. The minimum atomic E-state index is -5.08. The molecule has 41 heavy (non-hydrogen) atoms. The Morgan fingerprint density at radius 2 is 1.68 bits per heavy atom. The van der Waals surface area contributed by atoms with E-state index in [-0.39, 0.29) is 17.2 Å². The molecule has 1 aliphatic rings. The Labute approximate surface area is 241 Å². The fourth-order valence-corrected chi connectivity index (χ4v) is 5.85. The normalized spacial score (nSPS) is 14.7. The van der Waals surface area contributed by atoms with E-state index >= 15 is 0 Å². The molecule has 1 heterocycles. The Balaban J connectivity index is 0.000000745. The maximum atomic E-state index is 12.9. The number of carbonyl (C=O) groups is 3. The zero-order valence-corrected chi connectivity index (χ0v) is 23.9. The average molecular weight is 666 g/mol. The van der Waals surface area contributed by atoms with Crippen molar-refractivity contribution in [2.45, 2.75) is 30.5 Å². The number of nitrogen functional groups attached to an aromatic ring is 1. The lowest BCUT2D eigenvalue weighted by atomic mass is 10.1. The molecule has 2 aromatic carbocycles. The van der Waals surface area contributed by atoms with E-state index in [0.29, 0.717) is 47.6 Å². The molecular weight excluding hydrogens is 639 g/mol. The minimum absolute atomic E-state index is 0.0791. The number of rotatable bonds is 8. The van der Waals surface area contributed by atoms with Gasteiger partial charge in [0.25, 0.3) is 0 Å². The predicted molar refractivity (Wildman–Crippen MR) is 145 cm³/mol. The van der Waals surface area contributed by atoms with Gasteiger partial charge in [0.2, 0.25) is 21.8 Å². The van der Waals surface area contributed by atoms with Gasteiger partial charge in [-0.15, -0.1) is 0 Å². The van der Waals surface area contributed by atoms with Crippen LogP contribution < -0.4 is 16.4 Å². The second-order valence-corrected chi connectivity index (χ2v) is 11.3. The van der Waals surface area contributed by atoms with Crippen molar-refractivity contribution in [3.05, 3.63) is 58.1 Å². The number of halogens is 4. The van der Waals surface area contributed by atoms with Gasteiger partial charge in [0, 0.05) is 28.8 Å². The van der Waals surface area contributed by atoms with Crippen LogP contribution in [-0.2, 0) is 29.1 Å². The molecule has 6 N–H and O–H groups in total. The quantitative estimate of drug-likeness (QED) is 0.161. The lowest BCUT2D eigenvalue weighted by Gasteiger charge is -2.26. The zero-order chi connectivity index (χ0) is 31.0. The van der Waals surface area contributed by atoms with Crippen molar-refractivity contribution in [2.75, 3.05) is 31.6 Å². The maximum Gasteiger partial charge on any atom is 0.490 e. The molecule has 1 saturated heterocycles. The summed E-state index contributed by atoms with van der Waals surface area (Å²) in [6.45, 7) is 3.05. The first-order valence-corrected chi connectivity index (χ1v) is 14.0. The Morgan fingerprint density at radius 3 is 2.17 bits per heavy atom. The monoisotopic (exact) mass is 665 g/mol. The van der Waals surface area contributed by atoms with Crippen LogP contribution in [-0.4, -0.2) is 73.9 Å². The van der Waals surface area contributed by atoms with Crippen LogP contribution in [0, 0.1) is 5.41 Å². The van der Waals surface area contributed by atoms with Gasteiger partial charge in [-0.25, -0.2) is 13.2 Å². The molecule has 1 fully saturated rings. The first kappa shape index (κ1) is 33.7. The number of nitrogens with two attached hydrogens (primary N) is 1. The lowest BCUT2D eigenvalue weighted by Crippen LogP contribution is -2.40. The van der Waals surface area contributed by atoms with E-state index in [9.17, 15) is 31.2 Å². The summed E-state index contributed by atoms with van der Waals surface area (Å²) >= 11 is 3.34. The second kappa shape index (κ2) is 14.4. The number of morpholine rings is 1. The standard InChI is InChI=1S/C22H26BrN5O5S.C2HF3O2/c1-14(26-20(29)13-21(30)27-17-5-2-15(3-6-17)22(24)25)16-4-7-19(18(23)12-16)34(31,32)28-8-10-33-11-9-28;3-2(4,5)1(6)7/h2-7,12,14H,8-11,13H2,1H3,(H3,24,25)(H,26,29)(H,27,30);(H,6,7). The minimum Gasteiger partial charge on any atom is -0.475 e. The largest absolute Gasteiger partial charge is 0.490 e. The summed E-state index contributed by atoms with van der Waals surface area (Å²) in [6.07, 6.45) is -5.47. The molecule has 1 aliphatic heterocycles. The van der Waals surface area contributed by atoms with Crippen LogP contribution in [0.5, 0.6) is 0 Å². The molecule has 1 unspecified atom stereocenters. The molecule has 17 heteroatoms. The number of carbonyl (C=O) groups excluding carboxylic acids is 2. The highest BCUT2D eigenvalue weighted by molar-refractivity contribution is 9.10. The van der Waals surface area contributed by atoms with Crippen molar-refractivity contribution >= 4 is 55.3 Å². The molecule has 0 bridgehead atoms. The number of sulfonamides is 1. The first-order chi connectivity index (χ1) is 19.0. The van der Waals surface area contributed by atoms with E-state index < -0.39 is 40.0 Å². The summed E-state index contributed by atoms with van der Waals surface area (Å²) in [5.74, 6) is -3.81. The van der Waals surface area contributed by atoms with Gasteiger partial charge in [-0.2, -0.15) is 17.5 Å². The first-order valence-electron chi connectivity index (χ1n) is 11.7. The summed E-state index contributed by atoms with van der Waals surface area (Å²) in [6, 6.07) is 10.7. The van der Waals surface area contributed by atoms with Crippen molar-refractivity contribution in [1.29, 1.82) is 5.41 Å². The lowest BCUT2D eigenvalue weighted by molar-refractivity contribution is -0.192. The average Bonchev–Trinajstić information content (AvgIpc) is 2.88. The van der Waals surface area contributed by atoms with E-state index in [4.69, 9.17) is 25.8 Å². The molecular formula is C24H27BrF3N5O7S. The number of benzene rings is 2. The van der Waals surface area contributed by atoms with Crippen LogP contribution in [0.25, 0.3) is 0 Å². The van der Waals surface area contributed by atoms with Crippen LogP contribution in [0.4, 0.5) is 18.9 Å². The number of hydrogen-bond donors (Lipinski definition) is 5. The number of aliphatic carboxylic acids is 1. The maximum absolute atomic E-state index is 12.9. The van der Waals surface area contributed by atoms with Crippen LogP contribution in [0.15, 0.2) is 51.8 Å².